The Hall–Kier alpha value is -1.42. The molecule has 1 aliphatic rings. The van der Waals surface area contributed by atoms with Crippen molar-refractivity contribution >= 4 is 5.91 Å². The van der Waals surface area contributed by atoms with Gasteiger partial charge in [-0.05, 0) is 43.5 Å². The first kappa shape index (κ1) is 13.0. The van der Waals surface area contributed by atoms with Crippen molar-refractivity contribution in [2.24, 2.45) is 0 Å². The highest BCUT2D eigenvalue weighted by molar-refractivity contribution is 5.78. The molecule has 1 saturated heterocycles. The molecule has 2 rings (SSSR count). The molecule has 1 heterocycles. The highest BCUT2D eigenvalue weighted by Gasteiger charge is 2.16. The van der Waals surface area contributed by atoms with E-state index in [0.29, 0.717) is 13.1 Å². The van der Waals surface area contributed by atoms with Crippen molar-refractivity contribution in [3.63, 3.8) is 0 Å². The van der Waals surface area contributed by atoms with Crippen LogP contribution in [0.15, 0.2) is 24.3 Å². The lowest BCUT2D eigenvalue weighted by Gasteiger charge is -2.15. The number of nitrogens with zero attached hydrogens (tertiary/aromatic N) is 1. The molecule has 0 saturated carbocycles. The average molecular weight is 250 g/mol. The van der Waals surface area contributed by atoms with Crippen LogP contribution in [0.2, 0.25) is 0 Å². The van der Waals surface area contributed by atoms with Gasteiger partial charge in [-0.25, -0.2) is 4.39 Å². The van der Waals surface area contributed by atoms with Crippen LogP contribution in [0.1, 0.15) is 18.4 Å². The molecule has 0 unspecified atom stereocenters. The number of rotatable bonds is 5. The summed E-state index contributed by atoms with van der Waals surface area (Å²) in [6.07, 6.45) is 2.98. The van der Waals surface area contributed by atoms with Crippen molar-refractivity contribution in [3.8, 4) is 0 Å². The van der Waals surface area contributed by atoms with E-state index >= 15 is 0 Å². The van der Waals surface area contributed by atoms with Crippen LogP contribution >= 0.6 is 0 Å². The number of hydrogen-bond donors (Lipinski definition) is 1. The Morgan fingerprint density at radius 2 is 2.11 bits per heavy atom. The fourth-order valence-electron chi connectivity index (χ4n) is 2.20. The molecule has 4 heteroatoms. The van der Waals surface area contributed by atoms with Crippen LogP contribution in [0, 0.1) is 5.82 Å². The summed E-state index contributed by atoms with van der Waals surface area (Å²) in [6.45, 7) is 2.87. The summed E-state index contributed by atoms with van der Waals surface area (Å²) in [4.78, 5) is 13.6. The van der Waals surface area contributed by atoms with Crippen LogP contribution < -0.4 is 5.32 Å². The largest absolute Gasteiger partial charge is 0.342 e. The van der Waals surface area contributed by atoms with Gasteiger partial charge in [-0.3, -0.25) is 4.79 Å². The average Bonchev–Trinajstić information content (AvgIpc) is 2.88. The summed E-state index contributed by atoms with van der Waals surface area (Å²) in [6, 6.07) is 6.57. The van der Waals surface area contributed by atoms with Gasteiger partial charge in [0.25, 0.3) is 0 Å². The highest BCUT2D eigenvalue weighted by Crippen LogP contribution is 2.07. The summed E-state index contributed by atoms with van der Waals surface area (Å²) < 4.78 is 12.9. The van der Waals surface area contributed by atoms with Crippen molar-refractivity contribution in [1.29, 1.82) is 0 Å². The van der Waals surface area contributed by atoms with Gasteiger partial charge in [-0.15, -0.1) is 0 Å². The summed E-state index contributed by atoms with van der Waals surface area (Å²) in [7, 11) is 0. The van der Waals surface area contributed by atoms with Gasteiger partial charge in [0.05, 0.1) is 6.54 Å². The zero-order valence-corrected chi connectivity index (χ0v) is 10.5. The molecule has 18 heavy (non-hydrogen) atoms. The number of nitrogens with one attached hydrogen (secondary N) is 1. The number of halogens is 1. The molecular formula is C14H19FN2O. The molecule has 1 aromatic carbocycles. The van der Waals surface area contributed by atoms with E-state index in [2.05, 4.69) is 5.32 Å². The number of amides is 1. The molecule has 1 N–H and O–H groups in total. The molecule has 0 spiro atoms. The molecule has 1 fully saturated rings. The van der Waals surface area contributed by atoms with E-state index < -0.39 is 0 Å². The normalized spacial score (nSPS) is 15.1. The molecule has 0 aliphatic carbocycles. The SMILES string of the molecule is O=C(CNCCc1cccc(F)c1)N1CCCC1. The van der Waals surface area contributed by atoms with Gasteiger partial charge in [0.1, 0.15) is 5.82 Å². The Kier molecular flexibility index (Phi) is 4.70. The topological polar surface area (TPSA) is 32.3 Å². The number of likely N-dealkylation sites (tertiary alicyclic amines) is 1. The predicted octanol–water partition coefficient (Wildman–Crippen LogP) is 1.58. The molecule has 0 atom stereocenters. The van der Waals surface area contributed by atoms with Gasteiger partial charge in [0.2, 0.25) is 5.91 Å². The lowest BCUT2D eigenvalue weighted by Crippen LogP contribution is -2.36. The van der Waals surface area contributed by atoms with Gasteiger partial charge in [-0.2, -0.15) is 0 Å². The van der Waals surface area contributed by atoms with Gasteiger partial charge in [0, 0.05) is 13.1 Å². The van der Waals surface area contributed by atoms with E-state index in [0.717, 1.165) is 37.9 Å². The van der Waals surface area contributed by atoms with E-state index in [1.807, 2.05) is 11.0 Å². The van der Waals surface area contributed by atoms with Gasteiger partial charge in [-0.1, -0.05) is 12.1 Å². The van der Waals surface area contributed by atoms with Crippen molar-refractivity contribution < 1.29 is 9.18 Å². The number of benzene rings is 1. The highest BCUT2D eigenvalue weighted by atomic mass is 19.1. The van der Waals surface area contributed by atoms with Gasteiger partial charge >= 0.3 is 0 Å². The zero-order chi connectivity index (χ0) is 12.8. The summed E-state index contributed by atoms with van der Waals surface area (Å²) in [5.74, 6) is -0.0348. The molecule has 0 aromatic heterocycles. The van der Waals surface area contributed by atoms with Crippen molar-refractivity contribution in [2.45, 2.75) is 19.3 Å². The van der Waals surface area contributed by atoms with Crippen LogP contribution in [-0.2, 0) is 11.2 Å². The number of carbonyl (C=O) groups excluding carboxylic acids is 1. The number of carbonyl (C=O) groups is 1. The Labute approximate surface area is 107 Å². The molecule has 0 radical (unpaired) electrons. The minimum absolute atomic E-state index is 0.173. The van der Waals surface area contributed by atoms with E-state index in [4.69, 9.17) is 0 Å². The molecule has 1 aliphatic heterocycles. The van der Waals surface area contributed by atoms with E-state index in [9.17, 15) is 9.18 Å². The second-order valence-corrected chi connectivity index (χ2v) is 4.64. The molecular weight excluding hydrogens is 231 g/mol. The minimum atomic E-state index is -0.208. The first-order chi connectivity index (χ1) is 8.75. The van der Waals surface area contributed by atoms with Crippen LogP contribution in [0.4, 0.5) is 4.39 Å². The third-order valence-corrected chi connectivity index (χ3v) is 3.21. The third kappa shape index (κ3) is 3.81. The minimum Gasteiger partial charge on any atom is -0.342 e. The third-order valence-electron chi connectivity index (χ3n) is 3.21. The Morgan fingerprint density at radius 3 is 2.83 bits per heavy atom. The standard InChI is InChI=1S/C14H19FN2O/c15-13-5-3-4-12(10-13)6-7-16-11-14(18)17-8-1-2-9-17/h3-5,10,16H,1-2,6-9,11H2. The van der Waals surface area contributed by atoms with Crippen LogP contribution in [0.25, 0.3) is 0 Å². The first-order valence-electron chi connectivity index (χ1n) is 6.48. The van der Waals surface area contributed by atoms with Gasteiger partial charge in [0.15, 0.2) is 0 Å². The smallest absolute Gasteiger partial charge is 0.236 e. The first-order valence-corrected chi connectivity index (χ1v) is 6.48. The van der Waals surface area contributed by atoms with Gasteiger partial charge < -0.3 is 10.2 Å². The monoisotopic (exact) mass is 250 g/mol. The quantitative estimate of drug-likeness (QED) is 0.805. The lowest BCUT2D eigenvalue weighted by molar-refractivity contribution is -0.129. The lowest BCUT2D eigenvalue weighted by atomic mass is 10.1. The molecule has 0 bridgehead atoms. The van der Waals surface area contributed by atoms with E-state index in [-0.39, 0.29) is 11.7 Å². The van der Waals surface area contributed by atoms with E-state index in [1.165, 1.54) is 12.1 Å². The molecule has 1 aromatic rings. The van der Waals surface area contributed by atoms with Crippen LogP contribution in [0.5, 0.6) is 0 Å². The van der Waals surface area contributed by atoms with Crippen LogP contribution in [0.3, 0.4) is 0 Å². The Bertz CT molecular complexity index is 403. The summed E-state index contributed by atoms with van der Waals surface area (Å²) in [5, 5.41) is 3.12. The fraction of sp³-hybridized carbons (Fsp3) is 0.500. The molecule has 1 amide bonds. The Morgan fingerprint density at radius 1 is 1.33 bits per heavy atom. The van der Waals surface area contributed by atoms with Crippen molar-refractivity contribution in [2.75, 3.05) is 26.2 Å². The van der Waals surface area contributed by atoms with E-state index in [1.54, 1.807) is 6.07 Å². The predicted molar refractivity (Wildman–Crippen MR) is 68.8 cm³/mol. The summed E-state index contributed by atoms with van der Waals surface area (Å²) >= 11 is 0. The second-order valence-electron chi connectivity index (χ2n) is 4.64. The maximum absolute atomic E-state index is 12.9. The number of hydrogen-bond acceptors (Lipinski definition) is 2. The molecule has 3 nitrogen and oxygen atoms in total. The maximum atomic E-state index is 12.9. The van der Waals surface area contributed by atoms with Crippen molar-refractivity contribution in [3.05, 3.63) is 35.6 Å². The maximum Gasteiger partial charge on any atom is 0.236 e. The fourth-order valence-corrected chi connectivity index (χ4v) is 2.20. The summed E-state index contributed by atoms with van der Waals surface area (Å²) in [5.41, 5.74) is 0.955. The zero-order valence-electron chi connectivity index (χ0n) is 10.5. The Balaban J connectivity index is 1.65. The van der Waals surface area contributed by atoms with Crippen LogP contribution in [-0.4, -0.2) is 37.0 Å². The van der Waals surface area contributed by atoms with Crippen molar-refractivity contribution in [1.82, 2.24) is 10.2 Å². The second kappa shape index (κ2) is 6.50. The molecule has 98 valence electrons.